The van der Waals surface area contributed by atoms with Gasteiger partial charge in [-0.3, -0.25) is 0 Å². The van der Waals surface area contributed by atoms with E-state index in [1.165, 1.54) is 0 Å². The van der Waals surface area contributed by atoms with Crippen LogP contribution in [0.1, 0.15) is 0 Å². The molecule has 1 radical (unpaired) electrons. The minimum Gasteiger partial charge on any atom is -0.203 e. The second-order valence-corrected chi connectivity index (χ2v) is 2.45. The van der Waals surface area contributed by atoms with Gasteiger partial charge in [0.15, 0.2) is 17.5 Å². The molecule has 1 rings (SSSR count). The van der Waals surface area contributed by atoms with E-state index >= 15 is 0 Å². The zero-order valence-electron chi connectivity index (χ0n) is 4.89. The van der Waals surface area contributed by atoms with Gasteiger partial charge in [-0.25, -0.2) is 13.2 Å². The van der Waals surface area contributed by atoms with E-state index in [9.17, 15) is 13.2 Å². The molecule has 0 nitrogen and oxygen atoms in total. The molecule has 0 unspecified atom stereocenters. The average molecular weight is 200 g/mol. The highest BCUT2D eigenvalue weighted by Crippen LogP contribution is 2.27. The second-order valence-electron chi connectivity index (χ2n) is 1.69. The summed E-state index contributed by atoms with van der Waals surface area (Å²) in [6.07, 6.45) is 0. The Labute approximate surface area is 70.5 Å². The molecule has 0 aromatic heterocycles. The summed E-state index contributed by atoms with van der Waals surface area (Å²) in [5.74, 6) is -4.63. The van der Waals surface area contributed by atoms with Crippen molar-refractivity contribution < 1.29 is 13.2 Å². The number of hydrogen-bond donors (Lipinski definition) is 0. The fraction of sp³-hybridized carbons (Fsp3) is 0. The van der Waals surface area contributed by atoms with Crippen molar-refractivity contribution in [1.29, 1.82) is 0 Å². The van der Waals surface area contributed by atoms with Crippen molar-refractivity contribution in [2.24, 2.45) is 0 Å². The van der Waals surface area contributed by atoms with Crippen LogP contribution >= 0.6 is 23.2 Å². The highest BCUT2D eigenvalue weighted by atomic mass is 35.5. The molecule has 1 aromatic carbocycles. The van der Waals surface area contributed by atoms with Gasteiger partial charge in [-0.2, -0.15) is 0 Å². The lowest BCUT2D eigenvalue weighted by atomic mass is 10.3. The van der Waals surface area contributed by atoms with Crippen molar-refractivity contribution in [3.63, 3.8) is 0 Å². The highest BCUT2D eigenvalue weighted by Gasteiger charge is 2.16. The molecule has 11 heavy (non-hydrogen) atoms. The van der Waals surface area contributed by atoms with Crippen LogP contribution in [-0.2, 0) is 0 Å². The largest absolute Gasteiger partial charge is 0.203 e. The summed E-state index contributed by atoms with van der Waals surface area (Å²) in [7, 11) is 0. The second kappa shape index (κ2) is 2.91. The van der Waals surface area contributed by atoms with Gasteiger partial charge in [0.25, 0.3) is 0 Å². The third kappa shape index (κ3) is 1.44. The van der Waals surface area contributed by atoms with Crippen molar-refractivity contribution >= 4 is 23.2 Å². The van der Waals surface area contributed by atoms with E-state index in [-0.39, 0.29) is 0 Å². The molecule has 0 spiro atoms. The predicted molar refractivity (Wildman–Crippen MR) is 35.2 cm³/mol. The maximum absolute atomic E-state index is 12.4. The molecule has 0 fully saturated rings. The SMILES string of the molecule is Fc1[c]c(Cl)c(Cl)c(F)c1F. The van der Waals surface area contributed by atoms with Crippen LogP contribution in [0.4, 0.5) is 13.2 Å². The quantitative estimate of drug-likeness (QED) is 0.445. The van der Waals surface area contributed by atoms with Crippen LogP contribution in [0.2, 0.25) is 10.0 Å². The average Bonchev–Trinajstić information content (AvgIpc) is 1.97. The van der Waals surface area contributed by atoms with Crippen LogP contribution in [0.25, 0.3) is 0 Å². The minimum absolute atomic E-state index is 0.469. The van der Waals surface area contributed by atoms with Gasteiger partial charge >= 0.3 is 0 Å². The first-order valence-electron chi connectivity index (χ1n) is 2.44. The van der Waals surface area contributed by atoms with Crippen LogP contribution in [0.15, 0.2) is 0 Å². The van der Waals surface area contributed by atoms with E-state index in [1.54, 1.807) is 6.07 Å². The molecule has 0 aliphatic rings. The zero-order valence-corrected chi connectivity index (χ0v) is 6.40. The molecule has 0 aliphatic carbocycles. The van der Waals surface area contributed by atoms with Gasteiger partial charge in [-0.1, -0.05) is 23.2 Å². The maximum Gasteiger partial charge on any atom is 0.196 e. The minimum atomic E-state index is -1.67. The van der Waals surface area contributed by atoms with Gasteiger partial charge in [-0.15, -0.1) is 0 Å². The van der Waals surface area contributed by atoms with E-state index in [4.69, 9.17) is 23.2 Å². The Bertz CT molecular complexity index is 272. The molecular weight excluding hydrogens is 200 g/mol. The molecule has 59 valence electrons. The highest BCUT2D eigenvalue weighted by molar-refractivity contribution is 6.41. The third-order valence-corrected chi connectivity index (χ3v) is 1.73. The van der Waals surface area contributed by atoms with Crippen molar-refractivity contribution in [3.05, 3.63) is 33.6 Å². The molecule has 0 saturated heterocycles. The van der Waals surface area contributed by atoms with Gasteiger partial charge in [0, 0.05) is 6.07 Å². The Balaban J connectivity index is 3.46. The summed E-state index contributed by atoms with van der Waals surface area (Å²) in [5, 5.41) is -1.13. The summed E-state index contributed by atoms with van der Waals surface area (Å²) in [5.41, 5.74) is 0. The van der Waals surface area contributed by atoms with Crippen molar-refractivity contribution in [2.45, 2.75) is 0 Å². The first kappa shape index (κ1) is 8.68. The lowest BCUT2D eigenvalue weighted by Gasteiger charge is -1.98. The first-order valence-corrected chi connectivity index (χ1v) is 3.20. The molecule has 0 saturated carbocycles. The van der Waals surface area contributed by atoms with Gasteiger partial charge in [0.2, 0.25) is 0 Å². The van der Waals surface area contributed by atoms with Crippen molar-refractivity contribution in [2.75, 3.05) is 0 Å². The molecule has 0 bridgehead atoms. The maximum atomic E-state index is 12.4. The normalized spacial score (nSPS) is 10.3. The van der Waals surface area contributed by atoms with E-state index in [0.717, 1.165) is 0 Å². The van der Waals surface area contributed by atoms with Gasteiger partial charge in [0.1, 0.15) is 0 Å². The van der Waals surface area contributed by atoms with Gasteiger partial charge < -0.3 is 0 Å². The first-order chi connectivity index (χ1) is 5.04. The van der Waals surface area contributed by atoms with Crippen LogP contribution in [-0.4, -0.2) is 0 Å². The Kier molecular flexibility index (Phi) is 2.30. The molecule has 0 atom stereocenters. The Morgan fingerprint density at radius 2 is 1.55 bits per heavy atom. The molecule has 0 heterocycles. The number of hydrogen-bond acceptors (Lipinski definition) is 0. The monoisotopic (exact) mass is 199 g/mol. The summed E-state index contributed by atoms with van der Waals surface area (Å²) in [6, 6.07) is 1.70. The predicted octanol–water partition coefficient (Wildman–Crippen LogP) is 3.21. The van der Waals surface area contributed by atoms with Crippen LogP contribution in [0, 0.1) is 23.5 Å². The zero-order chi connectivity index (χ0) is 8.59. The van der Waals surface area contributed by atoms with Crippen LogP contribution in [0.5, 0.6) is 0 Å². The molecule has 0 N–H and O–H groups in total. The van der Waals surface area contributed by atoms with E-state index < -0.39 is 27.5 Å². The molecular formula is C6Cl2F3. The Hall–Kier alpha value is -0.410. The fourth-order valence-electron chi connectivity index (χ4n) is 0.495. The van der Waals surface area contributed by atoms with Crippen LogP contribution in [0.3, 0.4) is 0 Å². The molecule has 0 aliphatic heterocycles. The number of halogens is 5. The Morgan fingerprint density at radius 1 is 1.00 bits per heavy atom. The summed E-state index contributed by atoms with van der Waals surface area (Å²) in [4.78, 5) is 0. The van der Waals surface area contributed by atoms with Gasteiger partial charge in [0.05, 0.1) is 10.0 Å². The standard InChI is InChI=1S/C6Cl2F3/c7-2-1-3(9)5(10)6(11)4(2)8. The summed E-state index contributed by atoms with van der Waals surface area (Å²) in [6.45, 7) is 0. The van der Waals surface area contributed by atoms with E-state index in [0.29, 0.717) is 0 Å². The lowest BCUT2D eigenvalue weighted by molar-refractivity contribution is 0.446. The van der Waals surface area contributed by atoms with Crippen LogP contribution < -0.4 is 0 Å². The lowest BCUT2D eigenvalue weighted by Crippen LogP contribution is -1.91. The van der Waals surface area contributed by atoms with Gasteiger partial charge in [-0.05, 0) is 0 Å². The fourth-order valence-corrected chi connectivity index (χ4v) is 0.791. The third-order valence-electron chi connectivity index (χ3n) is 0.990. The Morgan fingerprint density at radius 3 is 2.09 bits per heavy atom. The molecule has 5 heteroatoms. The summed E-state index contributed by atoms with van der Waals surface area (Å²) >= 11 is 10.3. The van der Waals surface area contributed by atoms with E-state index in [1.807, 2.05) is 0 Å². The summed E-state index contributed by atoms with van der Waals surface area (Å²) < 4.78 is 36.9. The van der Waals surface area contributed by atoms with E-state index in [2.05, 4.69) is 0 Å². The number of benzene rings is 1. The molecule has 1 aromatic rings. The topological polar surface area (TPSA) is 0 Å². The molecule has 0 amide bonds. The number of rotatable bonds is 0. The van der Waals surface area contributed by atoms with Crippen molar-refractivity contribution in [3.8, 4) is 0 Å². The van der Waals surface area contributed by atoms with Crippen molar-refractivity contribution in [1.82, 2.24) is 0 Å². The smallest absolute Gasteiger partial charge is 0.196 e.